The van der Waals surface area contributed by atoms with Crippen molar-refractivity contribution in [3.05, 3.63) is 36.0 Å². The van der Waals surface area contributed by atoms with Gasteiger partial charge in [-0.1, -0.05) is 43.8 Å². The van der Waals surface area contributed by atoms with Crippen LogP contribution in [-0.2, 0) is 14.4 Å². The summed E-state index contributed by atoms with van der Waals surface area (Å²) in [5.74, 6) is -3.22. The second-order valence-electron chi connectivity index (χ2n) is 12.1. The van der Waals surface area contributed by atoms with Crippen molar-refractivity contribution in [1.82, 2.24) is 0 Å². The molecule has 4 fully saturated rings. The summed E-state index contributed by atoms with van der Waals surface area (Å²) < 4.78 is 46.5. The van der Waals surface area contributed by atoms with Crippen LogP contribution in [0.2, 0.25) is 0 Å². The highest BCUT2D eigenvalue weighted by molar-refractivity contribution is 8.13. The first kappa shape index (κ1) is 26.0. The number of thioether (sulfide) groups is 1. The quantitative estimate of drug-likeness (QED) is 0.403. The maximum absolute atomic E-state index is 17.4. The fourth-order valence-electron chi connectivity index (χ4n) is 8.93. The monoisotopic (exact) mass is 522 g/mol. The molecule has 0 spiro atoms. The van der Waals surface area contributed by atoms with Crippen LogP contribution in [0.25, 0.3) is 0 Å². The molecule has 0 unspecified atom stereocenters. The van der Waals surface area contributed by atoms with E-state index < -0.39 is 74.8 Å². The molecule has 0 aromatic heterocycles. The van der Waals surface area contributed by atoms with E-state index in [9.17, 15) is 23.9 Å². The summed E-state index contributed by atoms with van der Waals surface area (Å²) in [5, 5.41) is 11.0. The topological polar surface area (TPSA) is 71.4 Å². The standard InChI is InChI=1S/C28H33F3O4S/c1-14-7-16(8-14)23(34)27(24(35)36-13-29)15(2)9-18-19-11-21(30)20-10-17(32)5-6-25(20,3)28(19,31)22(33)12-26(18,27)4/h5-6,10,15-16,18-19,21-22,33H,1,7-9,11-13H2,2-4H3/t15-,18+,19+,21+,22+,25+,26+,27+,28+/m1/s1. The van der Waals surface area contributed by atoms with Crippen molar-refractivity contribution >= 4 is 28.4 Å². The zero-order valence-electron chi connectivity index (χ0n) is 20.9. The van der Waals surface area contributed by atoms with E-state index in [1.807, 2.05) is 0 Å². The Kier molecular flexibility index (Phi) is 5.89. The van der Waals surface area contributed by atoms with Crippen LogP contribution in [0.1, 0.15) is 52.9 Å². The number of allylic oxidation sites excluding steroid dienone is 5. The Morgan fingerprint density at radius 2 is 1.89 bits per heavy atom. The largest absolute Gasteiger partial charge is 0.390 e. The summed E-state index contributed by atoms with van der Waals surface area (Å²) in [6.07, 6.45) is 1.29. The molecule has 0 heterocycles. The van der Waals surface area contributed by atoms with Gasteiger partial charge >= 0.3 is 0 Å². The van der Waals surface area contributed by atoms with Crippen LogP contribution in [0.3, 0.4) is 0 Å². The third kappa shape index (κ3) is 2.92. The van der Waals surface area contributed by atoms with Crippen molar-refractivity contribution in [2.75, 3.05) is 6.01 Å². The van der Waals surface area contributed by atoms with Gasteiger partial charge in [-0.15, -0.1) is 0 Å². The van der Waals surface area contributed by atoms with Gasteiger partial charge < -0.3 is 5.11 Å². The number of alkyl halides is 3. The van der Waals surface area contributed by atoms with Gasteiger partial charge in [0, 0.05) is 17.3 Å². The Balaban J connectivity index is 1.66. The highest BCUT2D eigenvalue weighted by Crippen LogP contribution is 2.74. The molecule has 36 heavy (non-hydrogen) atoms. The van der Waals surface area contributed by atoms with E-state index in [2.05, 4.69) is 6.58 Å². The Labute approximate surface area is 213 Å². The van der Waals surface area contributed by atoms with E-state index in [-0.39, 0.29) is 24.2 Å². The number of ketones is 2. The van der Waals surface area contributed by atoms with Gasteiger partial charge in [0.2, 0.25) is 5.12 Å². The van der Waals surface area contributed by atoms with Gasteiger partial charge in [-0.3, -0.25) is 14.4 Å². The first-order valence-corrected chi connectivity index (χ1v) is 13.7. The van der Waals surface area contributed by atoms with Gasteiger partial charge in [0.05, 0.1) is 6.10 Å². The molecule has 0 aliphatic heterocycles. The maximum Gasteiger partial charge on any atom is 0.205 e. The second kappa shape index (κ2) is 8.16. The number of hydrogen-bond donors (Lipinski definition) is 1. The Morgan fingerprint density at radius 1 is 1.22 bits per heavy atom. The first-order valence-electron chi connectivity index (χ1n) is 12.7. The van der Waals surface area contributed by atoms with Crippen LogP contribution in [0, 0.1) is 39.9 Å². The van der Waals surface area contributed by atoms with Gasteiger partial charge in [-0.2, -0.15) is 0 Å². The van der Waals surface area contributed by atoms with E-state index in [0.29, 0.717) is 31.0 Å². The number of aliphatic hydroxyl groups is 1. The Morgan fingerprint density at radius 3 is 2.50 bits per heavy atom. The smallest absolute Gasteiger partial charge is 0.205 e. The zero-order chi connectivity index (χ0) is 26.4. The highest BCUT2D eigenvalue weighted by Gasteiger charge is 2.78. The summed E-state index contributed by atoms with van der Waals surface area (Å²) in [5.41, 5.74) is -5.67. The molecule has 9 atom stereocenters. The third-order valence-electron chi connectivity index (χ3n) is 10.6. The molecular weight excluding hydrogens is 489 g/mol. The van der Waals surface area contributed by atoms with E-state index in [1.165, 1.54) is 19.1 Å². The van der Waals surface area contributed by atoms with E-state index in [0.717, 1.165) is 11.6 Å². The molecule has 0 saturated heterocycles. The predicted molar refractivity (Wildman–Crippen MR) is 131 cm³/mol. The third-order valence-corrected chi connectivity index (χ3v) is 11.3. The van der Waals surface area contributed by atoms with Crippen LogP contribution in [0.4, 0.5) is 13.2 Å². The normalized spacial score (nSPS) is 48.0. The molecule has 5 aliphatic rings. The lowest BCUT2D eigenvalue weighted by molar-refractivity contribution is -0.211. The fraction of sp³-hybridized carbons (Fsp3) is 0.679. The molecule has 4 saturated carbocycles. The number of aliphatic hydroxyl groups excluding tert-OH is 1. The van der Waals surface area contributed by atoms with Crippen LogP contribution in [0.5, 0.6) is 0 Å². The van der Waals surface area contributed by atoms with E-state index >= 15 is 8.78 Å². The van der Waals surface area contributed by atoms with Gasteiger partial charge in [0.1, 0.15) is 17.6 Å². The number of fused-ring (bicyclic) bond motifs is 5. The minimum Gasteiger partial charge on any atom is -0.390 e. The van der Waals surface area contributed by atoms with Crippen molar-refractivity contribution < 1.29 is 32.7 Å². The van der Waals surface area contributed by atoms with Crippen molar-refractivity contribution in [2.45, 2.75) is 70.8 Å². The SMILES string of the molecule is C=C1CC(C(=O)[C@]2(C(=O)SCF)[C@H](C)C[C@H]3[C@@H]4C[C@H](F)C5=CC(=O)C=C[C@]5(C)[C@@]4(F)[C@@H](O)C[C@@]32C)C1. The van der Waals surface area contributed by atoms with Crippen LogP contribution >= 0.6 is 11.8 Å². The number of hydrogen-bond acceptors (Lipinski definition) is 5. The van der Waals surface area contributed by atoms with Crippen LogP contribution in [-0.4, -0.2) is 45.7 Å². The minimum atomic E-state index is -2.29. The summed E-state index contributed by atoms with van der Waals surface area (Å²) in [7, 11) is 0. The van der Waals surface area contributed by atoms with E-state index in [4.69, 9.17) is 0 Å². The fourth-order valence-corrected chi connectivity index (χ4v) is 9.79. The molecule has 0 radical (unpaired) electrons. The molecule has 0 bridgehead atoms. The average molecular weight is 523 g/mol. The lowest BCUT2D eigenvalue weighted by Gasteiger charge is -2.63. The summed E-state index contributed by atoms with van der Waals surface area (Å²) in [6.45, 7) is 8.95. The second-order valence-corrected chi connectivity index (χ2v) is 12.9. The van der Waals surface area contributed by atoms with Gasteiger partial charge in [0.25, 0.3) is 0 Å². The number of rotatable bonds is 4. The van der Waals surface area contributed by atoms with Crippen molar-refractivity contribution in [3.63, 3.8) is 0 Å². The molecule has 0 aromatic carbocycles. The first-order chi connectivity index (χ1) is 16.8. The van der Waals surface area contributed by atoms with Gasteiger partial charge in [-0.05, 0) is 74.0 Å². The van der Waals surface area contributed by atoms with Gasteiger partial charge in [0.15, 0.2) is 17.2 Å². The summed E-state index contributed by atoms with van der Waals surface area (Å²) >= 11 is 0.458. The molecule has 0 aromatic rings. The number of halogens is 3. The highest BCUT2D eigenvalue weighted by atomic mass is 32.2. The minimum absolute atomic E-state index is 0.0295. The van der Waals surface area contributed by atoms with Crippen molar-refractivity contribution in [3.8, 4) is 0 Å². The molecular formula is C28H33F3O4S. The molecule has 0 amide bonds. The van der Waals surface area contributed by atoms with Crippen LogP contribution < -0.4 is 0 Å². The van der Waals surface area contributed by atoms with Crippen LogP contribution in [0.15, 0.2) is 36.0 Å². The number of carbonyl (C=O) groups excluding carboxylic acids is 3. The molecule has 5 aliphatic carbocycles. The zero-order valence-corrected chi connectivity index (χ0v) is 21.7. The molecule has 1 N–H and O–H groups in total. The molecule has 4 nitrogen and oxygen atoms in total. The molecule has 196 valence electrons. The van der Waals surface area contributed by atoms with Crippen molar-refractivity contribution in [1.29, 1.82) is 0 Å². The molecule has 5 rings (SSSR count). The van der Waals surface area contributed by atoms with Gasteiger partial charge in [-0.25, -0.2) is 13.2 Å². The Hall–Kier alpha value is -1.67. The van der Waals surface area contributed by atoms with Crippen molar-refractivity contribution in [2.24, 2.45) is 39.9 Å². The predicted octanol–water partition coefficient (Wildman–Crippen LogP) is 5.26. The Bertz CT molecular complexity index is 1110. The van der Waals surface area contributed by atoms with E-state index in [1.54, 1.807) is 13.8 Å². The number of Topliss-reactive ketones (excluding diaryl/α,β-unsaturated/α-hetero) is 1. The maximum atomic E-state index is 17.4. The summed E-state index contributed by atoms with van der Waals surface area (Å²) in [6, 6.07) is -0.991. The lowest BCUT2D eigenvalue weighted by Crippen LogP contribution is -2.70. The molecule has 8 heteroatoms. The average Bonchev–Trinajstić information content (AvgIpc) is 3.02. The summed E-state index contributed by atoms with van der Waals surface area (Å²) in [4.78, 5) is 39.8. The lowest BCUT2D eigenvalue weighted by atomic mass is 9.42. The number of carbonyl (C=O) groups is 3.